The van der Waals surface area contributed by atoms with E-state index in [1.165, 1.54) is 57.5 Å². The van der Waals surface area contributed by atoms with Crippen LogP contribution in [0.2, 0.25) is 0 Å². The predicted molar refractivity (Wildman–Crippen MR) is 122 cm³/mol. The third-order valence-electron chi connectivity index (χ3n) is 4.49. The minimum atomic E-state index is -4.03. The largest absolute Gasteiger partial charge is 0.465 e. The molecule has 2 aromatic carbocycles. The van der Waals surface area contributed by atoms with Crippen molar-refractivity contribution in [3.63, 3.8) is 0 Å². The summed E-state index contributed by atoms with van der Waals surface area (Å²) < 4.78 is 37.2. The summed E-state index contributed by atoms with van der Waals surface area (Å²) in [5.41, 5.74) is 0.809. The number of carbonyl (C=O) groups excluding carboxylic acids is 3. The van der Waals surface area contributed by atoms with E-state index in [2.05, 4.69) is 10.6 Å². The van der Waals surface area contributed by atoms with Gasteiger partial charge >= 0.3 is 5.97 Å². The molecule has 10 nitrogen and oxygen atoms in total. The van der Waals surface area contributed by atoms with Gasteiger partial charge in [-0.3, -0.25) is 9.59 Å². The van der Waals surface area contributed by atoms with Crippen molar-refractivity contribution in [2.75, 3.05) is 44.5 Å². The third kappa shape index (κ3) is 7.38. The molecule has 2 rings (SSSR count). The lowest BCUT2D eigenvalue weighted by atomic mass is 10.2. The molecule has 0 aliphatic carbocycles. The van der Waals surface area contributed by atoms with Crippen LogP contribution in [0.3, 0.4) is 0 Å². The summed E-state index contributed by atoms with van der Waals surface area (Å²) in [7, 11) is -1.31. The van der Waals surface area contributed by atoms with E-state index in [1.54, 1.807) is 12.1 Å². The lowest BCUT2D eigenvalue weighted by Crippen LogP contribution is -2.39. The number of nitrogens with one attached hydrogen (secondary N) is 2. The molecular formula is C22H27N3O7S. The van der Waals surface area contributed by atoms with Crippen LogP contribution >= 0.6 is 0 Å². The topological polar surface area (TPSA) is 131 Å². The Kier molecular flexibility index (Phi) is 9.52. The van der Waals surface area contributed by atoms with E-state index in [4.69, 9.17) is 9.47 Å². The molecule has 0 atom stereocenters. The Labute approximate surface area is 192 Å². The highest BCUT2D eigenvalue weighted by atomic mass is 32.2. The van der Waals surface area contributed by atoms with Gasteiger partial charge in [-0.1, -0.05) is 12.1 Å². The molecule has 0 fully saturated rings. The monoisotopic (exact) mass is 477 g/mol. The van der Waals surface area contributed by atoms with Gasteiger partial charge in [-0.05, 0) is 42.8 Å². The number of benzene rings is 2. The summed E-state index contributed by atoms with van der Waals surface area (Å²) in [6.07, 6.45) is 0.367. The maximum atomic E-state index is 13.2. The standard InChI is InChI=1S/C22H27N3O7S/c1-16(26)23-17-9-11-18(12-10-17)33(29,30)25(13-6-14-31-2)15-21(27)24-20-8-5-4-7-19(20)22(28)32-3/h4-5,7-12H,6,13-15H2,1-3H3,(H,23,26)(H,24,27). The number of anilines is 2. The number of hydrogen-bond donors (Lipinski definition) is 2. The zero-order chi connectivity index (χ0) is 24.4. The van der Waals surface area contributed by atoms with Crippen LogP contribution in [0.5, 0.6) is 0 Å². The van der Waals surface area contributed by atoms with Gasteiger partial charge in [0.15, 0.2) is 0 Å². The van der Waals surface area contributed by atoms with Crippen molar-refractivity contribution in [3.8, 4) is 0 Å². The number of nitrogens with zero attached hydrogens (tertiary/aromatic N) is 1. The SMILES string of the molecule is COCCCN(CC(=O)Nc1ccccc1C(=O)OC)S(=O)(=O)c1ccc(NC(C)=O)cc1. The molecule has 33 heavy (non-hydrogen) atoms. The van der Waals surface area contributed by atoms with E-state index in [0.717, 1.165) is 4.31 Å². The summed E-state index contributed by atoms with van der Waals surface area (Å²) in [6, 6.07) is 11.9. The van der Waals surface area contributed by atoms with Crippen molar-refractivity contribution in [2.24, 2.45) is 0 Å². The van der Waals surface area contributed by atoms with Gasteiger partial charge in [0.1, 0.15) is 0 Å². The molecule has 0 saturated heterocycles. The molecule has 0 unspecified atom stereocenters. The van der Waals surface area contributed by atoms with Crippen molar-refractivity contribution in [1.82, 2.24) is 4.31 Å². The fourth-order valence-electron chi connectivity index (χ4n) is 2.96. The predicted octanol–water partition coefficient (Wildman–Crippen LogP) is 2.10. The number of para-hydroxylation sites is 1. The molecule has 0 saturated carbocycles. The third-order valence-corrected chi connectivity index (χ3v) is 6.35. The molecule has 2 amide bonds. The molecule has 0 aliphatic rings. The van der Waals surface area contributed by atoms with E-state index >= 15 is 0 Å². The zero-order valence-electron chi connectivity index (χ0n) is 18.7. The van der Waals surface area contributed by atoms with Crippen LogP contribution in [0.4, 0.5) is 11.4 Å². The first-order valence-electron chi connectivity index (χ1n) is 10.0. The molecule has 0 spiro atoms. The quantitative estimate of drug-likeness (QED) is 0.374. The van der Waals surface area contributed by atoms with Crippen LogP contribution in [0, 0.1) is 0 Å². The normalized spacial score (nSPS) is 11.2. The highest BCUT2D eigenvalue weighted by Gasteiger charge is 2.27. The molecule has 0 bridgehead atoms. The number of rotatable bonds is 11. The van der Waals surface area contributed by atoms with Crippen molar-refractivity contribution in [2.45, 2.75) is 18.2 Å². The minimum Gasteiger partial charge on any atom is -0.465 e. The van der Waals surface area contributed by atoms with Crippen molar-refractivity contribution < 1.29 is 32.3 Å². The van der Waals surface area contributed by atoms with E-state index in [-0.39, 0.29) is 28.6 Å². The average Bonchev–Trinajstić information content (AvgIpc) is 2.78. The maximum absolute atomic E-state index is 13.2. The van der Waals surface area contributed by atoms with Crippen LogP contribution in [0.25, 0.3) is 0 Å². The lowest BCUT2D eigenvalue weighted by Gasteiger charge is -2.22. The van der Waals surface area contributed by atoms with Gasteiger partial charge in [0.25, 0.3) is 0 Å². The number of esters is 1. The summed E-state index contributed by atoms with van der Waals surface area (Å²) >= 11 is 0. The van der Waals surface area contributed by atoms with Gasteiger partial charge in [0.05, 0.1) is 29.8 Å². The Bertz CT molecular complexity index is 1090. The Morgan fingerprint density at radius 2 is 1.64 bits per heavy atom. The van der Waals surface area contributed by atoms with Gasteiger partial charge in [-0.2, -0.15) is 4.31 Å². The number of hydrogen-bond acceptors (Lipinski definition) is 7. The summed E-state index contributed by atoms with van der Waals surface area (Å²) in [6.45, 7) is 1.21. The second-order valence-corrected chi connectivity index (χ2v) is 8.91. The van der Waals surface area contributed by atoms with E-state index in [9.17, 15) is 22.8 Å². The Morgan fingerprint density at radius 1 is 0.970 bits per heavy atom. The minimum absolute atomic E-state index is 0.0308. The molecule has 0 radical (unpaired) electrons. The highest BCUT2D eigenvalue weighted by Crippen LogP contribution is 2.20. The Hall–Kier alpha value is -3.28. The number of methoxy groups -OCH3 is 2. The Balaban J connectivity index is 2.24. The number of carbonyl (C=O) groups is 3. The summed E-state index contributed by atoms with van der Waals surface area (Å²) in [5.74, 6) is -1.53. The Morgan fingerprint density at radius 3 is 2.24 bits per heavy atom. The van der Waals surface area contributed by atoms with Crippen LogP contribution < -0.4 is 10.6 Å². The first-order valence-corrected chi connectivity index (χ1v) is 11.5. The second-order valence-electron chi connectivity index (χ2n) is 6.98. The van der Waals surface area contributed by atoms with Crippen LogP contribution in [0.15, 0.2) is 53.4 Å². The zero-order valence-corrected chi connectivity index (χ0v) is 19.5. The van der Waals surface area contributed by atoms with Crippen LogP contribution in [0.1, 0.15) is 23.7 Å². The van der Waals surface area contributed by atoms with Crippen molar-refractivity contribution in [3.05, 3.63) is 54.1 Å². The van der Waals surface area contributed by atoms with Crippen molar-refractivity contribution in [1.29, 1.82) is 0 Å². The highest BCUT2D eigenvalue weighted by molar-refractivity contribution is 7.89. The van der Waals surface area contributed by atoms with E-state index in [0.29, 0.717) is 18.7 Å². The maximum Gasteiger partial charge on any atom is 0.339 e. The van der Waals surface area contributed by atoms with Gasteiger partial charge in [0, 0.05) is 32.9 Å². The first-order chi connectivity index (χ1) is 15.7. The molecular weight excluding hydrogens is 450 g/mol. The van der Waals surface area contributed by atoms with E-state index in [1.807, 2.05) is 0 Å². The molecule has 0 heterocycles. The van der Waals surface area contributed by atoms with Gasteiger partial charge < -0.3 is 20.1 Å². The number of ether oxygens (including phenoxy) is 2. The smallest absolute Gasteiger partial charge is 0.339 e. The molecule has 11 heteroatoms. The number of amides is 2. The van der Waals surface area contributed by atoms with Crippen molar-refractivity contribution >= 4 is 39.2 Å². The van der Waals surface area contributed by atoms with E-state index < -0.39 is 28.4 Å². The fourth-order valence-corrected chi connectivity index (χ4v) is 4.40. The van der Waals surface area contributed by atoms with Crippen LogP contribution in [-0.2, 0) is 29.1 Å². The van der Waals surface area contributed by atoms with Crippen LogP contribution in [-0.4, -0.2) is 64.4 Å². The molecule has 0 aromatic heterocycles. The average molecular weight is 478 g/mol. The van der Waals surface area contributed by atoms with Gasteiger partial charge in [0.2, 0.25) is 21.8 Å². The molecule has 0 aliphatic heterocycles. The summed E-state index contributed by atoms with van der Waals surface area (Å²) in [5, 5.41) is 5.14. The van der Waals surface area contributed by atoms with Gasteiger partial charge in [-0.25, -0.2) is 13.2 Å². The molecule has 2 aromatic rings. The fraction of sp³-hybridized carbons (Fsp3) is 0.318. The second kappa shape index (κ2) is 12.1. The summed E-state index contributed by atoms with van der Waals surface area (Å²) in [4.78, 5) is 35.8. The van der Waals surface area contributed by atoms with Gasteiger partial charge in [-0.15, -0.1) is 0 Å². The lowest BCUT2D eigenvalue weighted by molar-refractivity contribution is -0.116. The first kappa shape index (κ1) is 26.0. The number of sulfonamides is 1. The molecule has 178 valence electrons. The molecule has 2 N–H and O–H groups in total.